The summed E-state index contributed by atoms with van der Waals surface area (Å²) in [5.41, 5.74) is -0.361. The van der Waals surface area contributed by atoms with Crippen molar-refractivity contribution in [3.63, 3.8) is 0 Å². The first-order valence-corrected chi connectivity index (χ1v) is 4.32. The van der Waals surface area contributed by atoms with Gasteiger partial charge in [-0.2, -0.15) is 0 Å². The summed E-state index contributed by atoms with van der Waals surface area (Å²) in [6.45, 7) is 0. The Morgan fingerprint density at radius 3 is 2.06 bits per heavy atom. The molecule has 16 heavy (non-hydrogen) atoms. The number of carbonyl (C=O) groups is 1. The number of aromatic carboxylic acids is 1. The summed E-state index contributed by atoms with van der Waals surface area (Å²) in [6.07, 6.45) is 0. The number of methoxy groups -OCH3 is 3. The molecule has 2 N–H and O–H groups in total. The van der Waals surface area contributed by atoms with E-state index in [-0.39, 0.29) is 22.8 Å². The quantitative estimate of drug-likeness (QED) is 0.803. The zero-order chi connectivity index (χ0) is 12.3. The maximum absolute atomic E-state index is 10.9. The molecule has 0 aromatic heterocycles. The van der Waals surface area contributed by atoms with Gasteiger partial charge in [0.2, 0.25) is 5.75 Å². The number of aromatic hydroxyl groups is 1. The Bertz CT molecular complexity index is 412. The van der Waals surface area contributed by atoms with E-state index in [2.05, 4.69) is 0 Å². The van der Waals surface area contributed by atoms with Crippen LogP contribution in [-0.2, 0) is 0 Å². The maximum atomic E-state index is 10.9. The van der Waals surface area contributed by atoms with Crippen LogP contribution in [0.3, 0.4) is 0 Å². The van der Waals surface area contributed by atoms with Crippen molar-refractivity contribution in [1.29, 1.82) is 0 Å². The Balaban J connectivity index is 3.57. The van der Waals surface area contributed by atoms with Gasteiger partial charge in [-0.1, -0.05) is 0 Å². The number of phenols is 1. The Morgan fingerprint density at radius 2 is 1.69 bits per heavy atom. The van der Waals surface area contributed by atoms with Crippen molar-refractivity contribution in [3.8, 4) is 23.0 Å². The fraction of sp³-hybridized carbons (Fsp3) is 0.300. The molecule has 0 spiro atoms. The molecule has 88 valence electrons. The van der Waals surface area contributed by atoms with Crippen LogP contribution in [0.25, 0.3) is 0 Å². The topological polar surface area (TPSA) is 85.2 Å². The van der Waals surface area contributed by atoms with Gasteiger partial charge >= 0.3 is 5.97 Å². The second kappa shape index (κ2) is 4.61. The molecule has 0 bridgehead atoms. The molecule has 0 saturated heterocycles. The second-order valence-electron chi connectivity index (χ2n) is 2.84. The molecular weight excluding hydrogens is 216 g/mol. The van der Waals surface area contributed by atoms with Crippen molar-refractivity contribution in [2.24, 2.45) is 0 Å². The number of hydrogen-bond donors (Lipinski definition) is 2. The summed E-state index contributed by atoms with van der Waals surface area (Å²) in [7, 11) is 4.00. The summed E-state index contributed by atoms with van der Waals surface area (Å²) in [5, 5.41) is 18.5. The molecule has 1 rings (SSSR count). The van der Waals surface area contributed by atoms with Crippen LogP contribution in [0, 0.1) is 0 Å². The number of rotatable bonds is 4. The minimum atomic E-state index is -1.31. The third-order valence-corrected chi connectivity index (χ3v) is 2.02. The average Bonchev–Trinajstić information content (AvgIpc) is 2.26. The first kappa shape index (κ1) is 12.0. The second-order valence-corrected chi connectivity index (χ2v) is 2.84. The van der Waals surface area contributed by atoms with E-state index in [0.717, 1.165) is 6.07 Å². The van der Waals surface area contributed by atoms with Gasteiger partial charge in [0, 0.05) is 6.07 Å². The Hall–Kier alpha value is -2.11. The fourth-order valence-electron chi connectivity index (χ4n) is 1.35. The smallest absolute Gasteiger partial charge is 0.343 e. The molecule has 6 heteroatoms. The van der Waals surface area contributed by atoms with Gasteiger partial charge in [0.05, 0.1) is 21.3 Å². The van der Waals surface area contributed by atoms with E-state index in [0.29, 0.717) is 0 Å². The Kier molecular flexibility index (Phi) is 3.44. The van der Waals surface area contributed by atoms with E-state index >= 15 is 0 Å². The fourth-order valence-corrected chi connectivity index (χ4v) is 1.35. The van der Waals surface area contributed by atoms with E-state index in [4.69, 9.17) is 19.3 Å². The van der Waals surface area contributed by atoms with Gasteiger partial charge in [-0.25, -0.2) is 4.79 Å². The first-order chi connectivity index (χ1) is 7.56. The highest BCUT2D eigenvalue weighted by Gasteiger charge is 2.24. The van der Waals surface area contributed by atoms with Crippen LogP contribution < -0.4 is 14.2 Å². The van der Waals surface area contributed by atoms with Gasteiger partial charge in [0.25, 0.3) is 0 Å². The van der Waals surface area contributed by atoms with Crippen molar-refractivity contribution in [2.45, 2.75) is 0 Å². The predicted octanol–water partition coefficient (Wildman–Crippen LogP) is 1.12. The van der Waals surface area contributed by atoms with Crippen LogP contribution in [0.15, 0.2) is 6.07 Å². The van der Waals surface area contributed by atoms with Crippen molar-refractivity contribution in [1.82, 2.24) is 0 Å². The molecule has 0 aliphatic heterocycles. The molecule has 0 fully saturated rings. The van der Waals surface area contributed by atoms with Crippen molar-refractivity contribution in [2.75, 3.05) is 21.3 Å². The lowest BCUT2D eigenvalue weighted by Crippen LogP contribution is -2.04. The molecule has 0 amide bonds. The number of carboxylic acids is 1. The zero-order valence-electron chi connectivity index (χ0n) is 9.10. The minimum Gasteiger partial charge on any atom is -0.507 e. The molecule has 6 nitrogen and oxygen atoms in total. The molecule has 0 aliphatic carbocycles. The van der Waals surface area contributed by atoms with Gasteiger partial charge in [-0.15, -0.1) is 0 Å². The highest BCUT2D eigenvalue weighted by molar-refractivity contribution is 5.96. The van der Waals surface area contributed by atoms with E-state index in [1.54, 1.807) is 0 Å². The van der Waals surface area contributed by atoms with E-state index in [1.165, 1.54) is 21.3 Å². The van der Waals surface area contributed by atoms with Crippen molar-refractivity contribution in [3.05, 3.63) is 11.6 Å². The highest BCUT2D eigenvalue weighted by Crippen LogP contribution is 2.44. The van der Waals surface area contributed by atoms with E-state index in [1.807, 2.05) is 0 Å². The molecule has 0 saturated carbocycles. The highest BCUT2D eigenvalue weighted by atomic mass is 16.5. The van der Waals surface area contributed by atoms with E-state index < -0.39 is 11.7 Å². The Labute approximate surface area is 92.0 Å². The summed E-state index contributed by atoms with van der Waals surface area (Å²) in [6, 6.07) is 1.16. The third-order valence-electron chi connectivity index (χ3n) is 2.02. The predicted molar refractivity (Wildman–Crippen MR) is 54.7 cm³/mol. The monoisotopic (exact) mass is 228 g/mol. The minimum absolute atomic E-state index is 0.0770. The number of hydrogen-bond acceptors (Lipinski definition) is 5. The molecule has 0 atom stereocenters. The van der Waals surface area contributed by atoms with Gasteiger partial charge in [0.15, 0.2) is 11.5 Å². The van der Waals surface area contributed by atoms with Gasteiger partial charge < -0.3 is 24.4 Å². The maximum Gasteiger partial charge on any atom is 0.343 e. The summed E-state index contributed by atoms with van der Waals surface area (Å²) < 4.78 is 14.8. The van der Waals surface area contributed by atoms with Crippen LogP contribution in [0.1, 0.15) is 10.4 Å². The van der Waals surface area contributed by atoms with Gasteiger partial charge in [0.1, 0.15) is 11.3 Å². The SMILES string of the molecule is COc1cc(O)c(C(=O)O)c(OC)c1OC. The largest absolute Gasteiger partial charge is 0.507 e. The molecule has 0 unspecified atom stereocenters. The van der Waals surface area contributed by atoms with Crippen LogP contribution in [0.5, 0.6) is 23.0 Å². The third kappa shape index (κ3) is 1.81. The van der Waals surface area contributed by atoms with Gasteiger partial charge in [-0.3, -0.25) is 0 Å². The molecule has 0 heterocycles. The lowest BCUT2D eigenvalue weighted by molar-refractivity contribution is 0.0689. The van der Waals surface area contributed by atoms with Crippen LogP contribution in [0.2, 0.25) is 0 Å². The normalized spacial score (nSPS) is 9.69. The lowest BCUT2D eigenvalue weighted by Gasteiger charge is -2.14. The van der Waals surface area contributed by atoms with Crippen molar-refractivity contribution >= 4 is 5.97 Å². The lowest BCUT2D eigenvalue weighted by atomic mass is 10.1. The van der Waals surface area contributed by atoms with E-state index in [9.17, 15) is 9.90 Å². The van der Waals surface area contributed by atoms with Crippen LogP contribution in [-0.4, -0.2) is 37.5 Å². The summed E-state index contributed by atoms with van der Waals surface area (Å²) >= 11 is 0. The number of carboxylic acid groups (broad SMARTS) is 1. The summed E-state index contributed by atoms with van der Waals surface area (Å²) in [5.74, 6) is -1.51. The Morgan fingerprint density at radius 1 is 1.12 bits per heavy atom. The first-order valence-electron chi connectivity index (χ1n) is 4.32. The molecule has 1 aromatic rings. The molecular formula is C10H12O6. The molecule has 0 radical (unpaired) electrons. The van der Waals surface area contributed by atoms with Crippen molar-refractivity contribution < 1.29 is 29.2 Å². The van der Waals surface area contributed by atoms with Gasteiger partial charge in [-0.05, 0) is 0 Å². The van der Waals surface area contributed by atoms with Crippen LogP contribution >= 0.6 is 0 Å². The summed E-state index contributed by atoms with van der Waals surface area (Å²) in [4.78, 5) is 10.9. The molecule has 0 aliphatic rings. The average molecular weight is 228 g/mol. The standard InChI is InChI=1S/C10H12O6/c1-14-6-4-5(11)7(10(12)13)9(16-3)8(6)15-2/h4,11H,1-3H3,(H,12,13). The molecule has 1 aromatic carbocycles. The number of ether oxygens (including phenoxy) is 3. The zero-order valence-corrected chi connectivity index (χ0v) is 9.10. The number of benzene rings is 1. The van der Waals surface area contributed by atoms with Crippen LogP contribution in [0.4, 0.5) is 0 Å².